The van der Waals surface area contributed by atoms with Crippen LogP contribution in [0.15, 0.2) is 0 Å². The molecule has 0 saturated carbocycles. The molecule has 0 atom stereocenters. The van der Waals surface area contributed by atoms with E-state index in [0.29, 0.717) is 13.2 Å². The van der Waals surface area contributed by atoms with Crippen LogP contribution in [0.25, 0.3) is 0 Å². The fourth-order valence-corrected chi connectivity index (χ4v) is 0.633. The van der Waals surface area contributed by atoms with Gasteiger partial charge in [-0.25, -0.2) is 0 Å². The van der Waals surface area contributed by atoms with E-state index in [4.69, 9.17) is 14.6 Å². The highest BCUT2D eigenvalue weighted by atomic mass is 16.6. The summed E-state index contributed by atoms with van der Waals surface area (Å²) in [5, 5.41) is 8.21. The van der Waals surface area contributed by atoms with Crippen molar-refractivity contribution >= 4 is 11.9 Å². The lowest BCUT2D eigenvalue weighted by Crippen LogP contribution is -2.15. The Kier molecular flexibility index (Phi) is 7.77. The summed E-state index contributed by atoms with van der Waals surface area (Å²) in [7, 11) is 1.55. The summed E-state index contributed by atoms with van der Waals surface area (Å²) in [4.78, 5) is 20.7. The van der Waals surface area contributed by atoms with Crippen molar-refractivity contribution in [1.29, 1.82) is 0 Å². The molecule has 0 aromatic heterocycles. The minimum absolute atomic E-state index is 0.0653. The normalized spacial score (nSPS) is 9.79. The molecule has 0 aliphatic heterocycles. The predicted octanol–water partition coefficient (Wildman–Crippen LogP) is -0.333. The molecule has 0 aromatic rings. The molecule has 0 radical (unpaired) electrons. The number of hydrogen-bond acceptors (Lipinski definition) is 5. The van der Waals surface area contributed by atoms with Gasteiger partial charge in [-0.1, -0.05) is 0 Å². The van der Waals surface area contributed by atoms with Gasteiger partial charge >= 0.3 is 11.9 Å². The van der Waals surface area contributed by atoms with Crippen LogP contribution in [-0.2, 0) is 23.8 Å². The third kappa shape index (κ3) is 8.95. The molecule has 0 aromatic carbocycles. The Bertz CT molecular complexity index is 179. The Hall–Kier alpha value is -1.14. The van der Waals surface area contributed by atoms with Gasteiger partial charge in [-0.05, 0) is 0 Å². The molecule has 0 saturated heterocycles. The molecule has 1 N–H and O–H groups in total. The van der Waals surface area contributed by atoms with Crippen LogP contribution in [0.1, 0.15) is 6.42 Å². The zero-order valence-corrected chi connectivity index (χ0v) is 8.02. The van der Waals surface area contributed by atoms with Gasteiger partial charge in [-0.2, -0.15) is 0 Å². The molecule has 6 heteroatoms. The molecule has 0 rings (SSSR count). The van der Waals surface area contributed by atoms with Crippen molar-refractivity contribution in [3.8, 4) is 0 Å². The Balaban J connectivity index is 3.19. The average molecular weight is 206 g/mol. The van der Waals surface area contributed by atoms with Gasteiger partial charge in [0.25, 0.3) is 0 Å². The van der Waals surface area contributed by atoms with Crippen LogP contribution in [0.3, 0.4) is 0 Å². The Morgan fingerprint density at radius 3 is 2.36 bits per heavy atom. The molecular formula is C8H14O6. The molecule has 82 valence electrons. The molecule has 0 unspecified atom stereocenters. The quantitative estimate of drug-likeness (QED) is 0.332. The topological polar surface area (TPSA) is 82.1 Å². The van der Waals surface area contributed by atoms with Crippen LogP contribution in [0, 0.1) is 0 Å². The third-order valence-corrected chi connectivity index (χ3v) is 1.22. The highest BCUT2D eigenvalue weighted by Gasteiger charge is 2.07. The number of carboxylic acids is 1. The number of carbonyl (C=O) groups is 2. The standard InChI is InChI=1S/C8H14O6/c1-12-2-3-13-4-5-14-8(11)6-7(9)10/h2-6H2,1H3,(H,9,10). The lowest BCUT2D eigenvalue weighted by Gasteiger charge is -2.04. The van der Waals surface area contributed by atoms with Crippen LogP contribution < -0.4 is 0 Å². The van der Waals surface area contributed by atoms with Crippen molar-refractivity contribution in [2.45, 2.75) is 6.42 Å². The smallest absolute Gasteiger partial charge is 0.317 e. The van der Waals surface area contributed by atoms with Gasteiger partial charge in [0.15, 0.2) is 0 Å². The van der Waals surface area contributed by atoms with Crippen molar-refractivity contribution in [1.82, 2.24) is 0 Å². The average Bonchev–Trinajstić information content (AvgIpc) is 2.10. The van der Waals surface area contributed by atoms with Crippen molar-refractivity contribution in [3.05, 3.63) is 0 Å². The zero-order chi connectivity index (χ0) is 10.8. The number of carboxylic acid groups (broad SMARTS) is 1. The van der Waals surface area contributed by atoms with E-state index < -0.39 is 18.4 Å². The number of carbonyl (C=O) groups excluding carboxylic acids is 1. The zero-order valence-electron chi connectivity index (χ0n) is 8.02. The lowest BCUT2D eigenvalue weighted by molar-refractivity contribution is -0.152. The van der Waals surface area contributed by atoms with E-state index >= 15 is 0 Å². The summed E-state index contributed by atoms with van der Waals surface area (Å²) in [6, 6.07) is 0. The molecular weight excluding hydrogens is 192 g/mol. The maximum Gasteiger partial charge on any atom is 0.317 e. The maximum atomic E-state index is 10.7. The molecule has 0 spiro atoms. The van der Waals surface area contributed by atoms with E-state index in [-0.39, 0.29) is 13.2 Å². The van der Waals surface area contributed by atoms with Gasteiger partial charge in [-0.15, -0.1) is 0 Å². The van der Waals surface area contributed by atoms with Gasteiger partial charge in [0.2, 0.25) is 0 Å². The number of methoxy groups -OCH3 is 1. The highest BCUT2D eigenvalue weighted by molar-refractivity contribution is 5.90. The second kappa shape index (κ2) is 8.46. The molecule has 0 amide bonds. The second-order valence-electron chi connectivity index (χ2n) is 2.40. The number of hydrogen-bond donors (Lipinski definition) is 1. The minimum atomic E-state index is -1.20. The largest absolute Gasteiger partial charge is 0.481 e. The van der Waals surface area contributed by atoms with Crippen LogP contribution in [-0.4, -0.2) is 50.6 Å². The van der Waals surface area contributed by atoms with Crippen molar-refractivity contribution in [2.75, 3.05) is 33.5 Å². The fraction of sp³-hybridized carbons (Fsp3) is 0.750. The first-order chi connectivity index (χ1) is 6.66. The Morgan fingerprint density at radius 1 is 1.14 bits per heavy atom. The summed E-state index contributed by atoms with van der Waals surface area (Å²) in [6.07, 6.45) is -0.613. The van der Waals surface area contributed by atoms with Crippen molar-refractivity contribution in [3.63, 3.8) is 0 Å². The number of rotatable bonds is 8. The van der Waals surface area contributed by atoms with E-state index in [0.717, 1.165) is 0 Å². The van der Waals surface area contributed by atoms with Crippen molar-refractivity contribution < 1.29 is 28.9 Å². The van der Waals surface area contributed by atoms with Gasteiger partial charge in [-0.3, -0.25) is 9.59 Å². The maximum absolute atomic E-state index is 10.7. The van der Waals surface area contributed by atoms with Crippen LogP contribution >= 0.6 is 0 Å². The second-order valence-corrected chi connectivity index (χ2v) is 2.40. The Morgan fingerprint density at radius 2 is 1.79 bits per heavy atom. The molecule has 0 fully saturated rings. The van der Waals surface area contributed by atoms with E-state index in [9.17, 15) is 9.59 Å². The fourth-order valence-electron chi connectivity index (χ4n) is 0.633. The third-order valence-electron chi connectivity index (χ3n) is 1.22. The molecule has 6 nitrogen and oxygen atoms in total. The summed E-state index contributed by atoms with van der Waals surface area (Å²) in [5.41, 5.74) is 0. The summed E-state index contributed by atoms with van der Waals surface area (Å²) < 4.78 is 14.2. The molecule has 14 heavy (non-hydrogen) atoms. The number of aliphatic carboxylic acids is 1. The van der Waals surface area contributed by atoms with Crippen LogP contribution in [0.5, 0.6) is 0 Å². The van der Waals surface area contributed by atoms with Crippen molar-refractivity contribution in [2.24, 2.45) is 0 Å². The summed E-state index contributed by atoms with van der Waals surface area (Å²) >= 11 is 0. The number of ether oxygens (including phenoxy) is 3. The molecule has 0 aliphatic carbocycles. The highest BCUT2D eigenvalue weighted by Crippen LogP contribution is 1.87. The molecule has 0 aliphatic rings. The monoisotopic (exact) mass is 206 g/mol. The minimum Gasteiger partial charge on any atom is -0.481 e. The van der Waals surface area contributed by atoms with E-state index in [1.807, 2.05) is 0 Å². The Labute approximate surface area is 81.8 Å². The van der Waals surface area contributed by atoms with E-state index in [2.05, 4.69) is 4.74 Å². The molecule has 0 heterocycles. The SMILES string of the molecule is COCCOCCOC(=O)CC(=O)O. The first-order valence-corrected chi connectivity index (χ1v) is 4.11. The summed E-state index contributed by atoms with van der Waals surface area (Å²) in [5.74, 6) is -1.96. The molecule has 0 bridgehead atoms. The van der Waals surface area contributed by atoms with Gasteiger partial charge in [0.1, 0.15) is 13.0 Å². The van der Waals surface area contributed by atoms with Gasteiger partial charge < -0.3 is 19.3 Å². The first kappa shape index (κ1) is 12.9. The van der Waals surface area contributed by atoms with Crippen LogP contribution in [0.4, 0.5) is 0 Å². The number of esters is 1. The lowest BCUT2D eigenvalue weighted by atomic mass is 10.4. The first-order valence-electron chi connectivity index (χ1n) is 4.11. The van der Waals surface area contributed by atoms with E-state index in [1.165, 1.54) is 0 Å². The van der Waals surface area contributed by atoms with Crippen LogP contribution in [0.2, 0.25) is 0 Å². The van der Waals surface area contributed by atoms with E-state index in [1.54, 1.807) is 7.11 Å². The summed E-state index contributed by atoms with van der Waals surface area (Å²) in [6.45, 7) is 1.21. The predicted molar refractivity (Wildman–Crippen MR) is 45.9 cm³/mol. The van der Waals surface area contributed by atoms with Gasteiger partial charge in [0.05, 0.1) is 19.8 Å². The van der Waals surface area contributed by atoms with Gasteiger partial charge in [0, 0.05) is 7.11 Å².